The Labute approximate surface area is 128 Å². The Bertz CT molecular complexity index is 577. The van der Waals surface area contributed by atoms with Crippen molar-refractivity contribution in [1.29, 1.82) is 0 Å². The van der Waals surface area contributed by atoms with Crippen molar-refractivity contribution >= 4 is 15.9 Å². The molecule has 2 aromatic carbocycles. The topological polar surface area (TPSA) is 38.0 Å². The first-order valence-corrected chi connectivity index (χ1v) is 7.76. The molecule has 0 radical (unpaired) electrons. The second-order valence-electron chi connectivity index (χ2n) is 5.62. The van der Waals surface area contributed by atoms with E-state index in [2.05, 4.69) is 76.8 Å². The van der Waals surface area contributed by atoms with Crippen molar-refractivity contribution in [2.75, 3.05) is 0 Å². The maximum absolute atomic E-state index is 5.82. The van der Waals surface area contributed by atoms with Crippen LogP contribution in [0.4, 0.5) is 0 Å². The molecule has 2 nitrogen and oxygen atoms in total. The minimum atomic E-state index is 0.219. The Morgan fingerprint density at radius 1 is 1.20 bits per heavy atom. The van der Waals surface area contributed by atoms with Crippen molar-refractivity contribution in [3.05, 3.63) is 69.7 Å². The predicted molar refractivity (Wildman–Crippen MR) is 86.2 cm³/mol. The highest BCUT2D eigenvalue weighted by atomic mass is 79.9. The summed E-state index contributed by atoms with van der Waals surface area (Å²) in [5, 5.41) is 0. The van der Waals surface area contributed by atoms with Gasteiger partial charge in [-0.2, -0.15) is 0 Å². The normalized spacial score (nSPS) is 22.6. The summed E-state index contributed by atoms with van der Waals surface area (Å²) in [7, 11) is 0. The number of halogens is 1. The highest BCUT2D eigenvalue weighted by Gasteiger charge is 2.44. The van der Waals surface area contributed by atoms with Gasteiger partial charge in [0.2, 0.25) is 0 Å². The lowest BCUT2D eigenvalue weighted by Crippen LogP contribution is -2.30. The largest absolute Gasteiger partial charge is 0.271 e. The van der Waals surface area contributed by atoms with Crippen LogP contribution in [0.5, 0.6) is 0 Å². The molecule has 3 rings (SSSR count). The number of hydrazine groups is 1. The first kappa shape index (κ1) is 13.8. The van der Waals surface area contributed by atoms with E-state index in [1.807, 2.05) is 0 Å². The third-order valence-corrected chi connectivity index (χ3v) is 4.56. The molecular weight excluding hydrogens is 312 g/mol. The molecule has 0 spiro atoms. The van der Waals surface area contributed by atoms with Crippen molar-refractivity contribution < 1.29 is 0 Å². The molecule has 1 aliphatic carbocycles. The molecule has 2 aromatic rings. The molecule has 3 atom stereocenters. The summed E-state index contributed by atoms with van der Waals surface area (Å²) >= 11 is 3.57. The van der Waals surface area contributed by atoms with Gasteiger partial charge in [0.05, 0.1) is 0 Å². The fourth-order valence-corrected chi connectivity index (χ4v) is 3.70. The summed E-state index contributed by atoms with van der Waals surface area (Å²) in [6.45, 7) is 2.11. The molecule has 3 unspecified atom stereocenters. The van der Waals surface area contributed by atoms with Gasteiger partial charge in [0, 0.05) is 10.5 Å². The predicted octanol–water partition coefficient (Wildman–Crippen LogP) is 4.07. The molecule has 0 heterocycles. The number of nitrogens with one attached hydrogen (secondary N) is 1. The summed E-state index contributed by atoms with van der Waals surface area (Å²) in [5.41, 5.74) is 6.96. The zero-order valence-corrected chi connectivity index (χ0v) is 13.1. The van der Waals surface area contributed by atoms with E-state index in [-0.39, 0.29) is 6.04 Å². The van der Waals surface area contributed by atoms with Gasteiger partial charge in [0.25, 0.3) is 0 Å². The van der Waals surface area contributed by atoms with E-state index in [1.165, 1.54) is 23.1 Å². The van der Waals surface area contributed by atoms with Gasteiger partial charge in [-0.1, -0.05) is 52.3 Å². The van der Waals surface area contributed by atoms with Crippen LogP contribution in [0.25, 0.3) is 0 Å². The minimum Gasteiger partial charge on any atom is -0.271 e. The van der Waals surface area contributed by atoms with Crippen molar-refractivity contribution in [3.63, 3.8) is 0 Å². The Morgan fingerprint density at radius 3 is 2.60 bits per heavy atom. The van der Waals surface area contributed by atoms with E-state index < -0.39 is 0 Å². The minimum absolute atomic E-state index is 0.219. The number of hydrogen-bond donors (Lipinski definition) is 2. The van der Waals surface area contributed by atoms with Crippen LogP contribution in [0.3, 0.4) is 0 Å². The Balaban J connectivity index is 1.82. The fraction of sp³-hybridized carbons (Fsp3) is 0.294. The van der Waals surface area contributed by atoms with Crippen molar-refractivity contribution in [2.24, 2.45) is 11.8 Å². The molecule has 20 heavy (non-hydrogen) atoms. The summed E-state index contributed by atoms with van der Waals surface area (Å²) in [6, 6.07) is 17.4. The van der Waals surface area contributed by atoms with E-state index in [1.54, 1.807) is 0 Å². The van der Waals surface area contributed by atoms with E-state index >= 15 is 0 Å². The highest BCUT2D eigenvalue weighted by molar-refractivity contribution is 9.10. The Morgan fingerprint density at radius 2 is 1.95 bits per heavy atom. The lowest BCUT2D eigenvalue weighted by atomic mass is 9.98. The number of rotatable bonds is 4. The number of hydrogen-bond acceptors (Lipinski definition) is 2. The van der Waals surface area contributed by atoms with Gasteiger partial charge in [-0.3, -0.25) is 11.3 Å². The smallest absolute Gasteiger partial charge is 0.0494 e. The van der Waals surface area contributed by atoms with Gasteiger partial charge >= 0.3 is 0 Å². The van der Waals surface area contributed by atoms with Gasteiger partial charge in [-0.15, -0.1) is 0 Å². The molecule has 1 fully saturated rings. The fourth-order valence-electron chi connectivity index (χ4n) is 3.08. The summed E-state index contributed by atoms with van der Waals surface area (Å²) < 4.78 is 1.12. The van der Waals surface area contributed by atoms with Crippen molar-refractivity contribution in [1.82, 2.24) is 5.43 Å². The molecule has 3 heteroatoms. The van der Waals surface area contributed by atoms with Crippen LogP contribution in [-0.2, 0) is 0 Å². The first-order chi connectivity index (χ1) is 9.69. The Hall–Kier alpha value is -1.16. The van der Waals surface area contributed by atoms with Gasteiger partial charge in [0.1, 0.15) is 0 Å². The molecule has 3 N–H and O–H groups in total. The highest BCUT2D eigenvalue weighted by Crippen LogP contribution is 2.53. The van der Waals surface area contributed by atoms with Crippen LogP contribution in [0, 0.1) is 12.8 Å². The van der Waals surface area contributed by atoms with Crippen LogP contribution in [0.15, 0.2) is 53.0 Å². The van der Waals surface area contributed by atoms with E-state index in [4.69, 9.17) is 5.84 Å². The first-order valence-electron chi connectivity index (χ1n) is 6.97. The zero-order chi connectivity index (χ0) is 14.1. The van der Waals surface area contributed by atoms with E-state index in [9.17, 15) is 0 Å². The van der Waals surface area contributed by atoms with Crippen LogP contribution in [0.2, 0.25) is 0 Å². The van der Waals surface area contributed by atoms with Crippen LogP contribution < -0.4 is 11.3 Å². The SMILES string of the molecule is Cc1cc(Br)cc(C(NN)C2CC2c2ccccc2)c1. The molecule has 1 saturated carbocycles. The average molecular weight is 331 g/mol. The quantitative estimate of drug-likeness (QED) is 0.655. The summed E-state index contributed by atoms with van der Waals surface area (Å²) in [4.78, 5) is 0. The van der Waals surface area contributed by atoms with Gasteiger partial charge in [0.15, 0.2) is 0 Å². The summed E-state index contributed by atoms with van der Waals surface area (Å²) in [5.74, 6) is 7.02. The van der Waals surface area contributed by atoms with Crippen LogP contribution in [-0.4, -0.2) is 0 Å². The van der Waals surface area contributed by atoms with Crippen molar-refractivity contribution in [3.8, 4) is 0 Å². The van der Waals surface area contributed by atoms with E-state index in [0.29, 0.717) is 11.8 Å². The van der Waals surface area contributed by atoms with Crippen LogP contribution in [0.1, 0.15) is 35.1 Å². The van der Waals surface area contributed by atoms with Gasteiger partial charge < -0.3 is 0 Å². The van der Waals surface area contributed by atoms with Crippen molar-refractivity contribution in [2.45, 2.75) is 25.3 Å². The number of nitrogens with two attached hydrogens (primary N) is 1. The molecule has 0 bridgehead atoms. The van der Waals surface area contributed by atoms with Crippen LogP contribution >= 0.6 is 15.9 Å². The molecule has 104 valence electrons. The third kappa shape index (κ3) is 2.80. The maximum Gasteiger partial charge on any atom is 0.0494 e. The third-order valence-electron chi connectivity index (χ3n) is 4.10. The molecule has 0 amide bonds. The standard InChI is InChI=1S/C17H19BrN2/c1-11-7-13(9-14(18)8-11)17(20-19)16-10-15(16)12-5-3-2-4-6-12/h2-9,15-17,20H,10,19H2,1H3. The second-order valence-corrected chi connectivity index (χ2v) is 6.54. The average Bonchev–Trinajstić information content (AvgIpc) is 3.20. The Kier molecular flexibility index (Phi) is 3.92. The zero-order valence-electron chi connectivity index (χ0n) is 11.5. The monoisotopic (exact) mass is 330 g/mol. The lowest BCUT2D eigenvalue weighted by Gasteiger charge is -2.17. The number of aryl methyl sites for hydroxylation is 1. The lowest BCUT2D eigenvalue weighted by molar-refractivity contribution is 0.487. The molecule has 0 aromatic heterocycles. The summed E-state index contributed by atoms with van der Waals surface area (Å²) in [6.07, 6.45) is 1.20. The molecule has 0 saturated heterocycles. The maximum atomic E-state index is 5.82. The van der Waals surface area contributed by atoms with Gasteiger partial charge in [-0.05, 0) is 54.0 Å². The second kappa shape index (κ2) is 5.68. The molecule has 1 aliphatic rings. The van der Waals surface area contributed by atoms with E-state index in [0.717, 1.165) is 4.47 Å². The number of benzene rings is 2. The molecular formula is C17H19BrN2. The molecule has 0 aliphatic heterocycles. The van der Waals surface area contributed by atoms with Gasteiger partial charge in [-0.25, -0.2) is 0 Å².